The number of likely N-dealkylation sites (N-methyl/N-ethyl adjacent to an activating group) is 1. The Balaban J connectivity index is 1.83. The molecule has 1 aliphatic heterocycles. The van der Waals surface area contributed by atoms with Crippen LogP contribution in [0.3, 0.4) is 0 Å². The molecule has 4 heteroatoms. The van der Waals surface area contributed by atoms with Crippen LogP contribution in [-0.4, -0.2) is 49.6 Å². The van der Waals surface area contributed by atoms with Crippen molar-refractivity contribution in [3.05, 3.63) is 29.8 Å². The molecule has 1 saturated heterocycles. The number of hydrogen-bond donors (Lipinski definition) is 0. The number of ether oxygens (including phenoxy) is 2. The Morgan fingerprint density at radius 2 is 2.10 bits per heavy atom. The van der Waals surface area contributed by atoms with E-state index in [1.165, 1.54) is 0 Å². The van der Waals surface area contributed by atoms with Gasteiger partial charge in [-0.3, -0.25) is 9.69 Å². The van der Waals surface area contributed by atoms with Gasteiger partial charge < -0.3 is 9.47 Å². The quantitative estimate of drug-likeness (QED) is 0.748. The Kier molecular flexibility index (Phi) is 5.56. The SMILES string of the molecule is CCC(=O)c1ccc(OCC2CN(CC)CCO2)cc1. The molecule has 0 saturated carbocycles. The lowest BCUT2D eigenvalue weighted by Crippen LogP contribution is -2.44. The molecule has 2 rings (SSSR count). The van der Waals surface area contributed by atoms with Gasteiger partial charge in [-0.05, 0) is 30.8 Å². The summed E-state index contributed by atoms with van der Waals surface area (Å²) in [6.45, 7) is 8.32. The van der Waals surface area contributed by atoms with Gasteiger partial charge in [0.05, 0.1) is 6.61 Å². The smallest absolute Gasteiger partial charge is 0.162 e. The number of hydrogen-bond acceptors (Lipinski definition) is 4. The molecular formula is C16H23NO3. The molecule has 0 amide bonds. The highest BCUT2D eigenvalue weighted by Crippen LogP contribution is 2.15. The third-order valence-electron chi connectivity index (χ3n) is 3.60. The second-order valence-corrected chi connectivity index (χ2v) is 5.00. The minimum atomic E-state index is 0.126. The van der Waals surface area contributed by atoms with Crippen molar-refractivity contribution in [3.63, 3.8) is 0 Å². The number of benzene rings is 1. The Labute approximate surface area is 120 Å². The van der Waals surface area contributed by atoms with Crippen LogP contribution in [0, 0.1) is 0 Å². The zero-order chi connectivity index (χ0) is 14.4. The highest BCUT2D eigenvalue weighted by Gasteiger charge is 2.19. The van der Waals surface area contributed by atoms with Crippen molar-refractivity contribution in [2.45, 2.75) is 26.4 Å². The van der Waals surface area contributed by atoms with Crippen LogP contribution >= 0.6 is 0 Å². The first-order valence-corrected chi connectivity index (χ1v) is 7.33. The molecule has 1 fully saturated rings. The van der Waals surface area contributed by atoms with Gasteiger partial charge in [-0.2, -0.15) is 0 Å². The predicted molar refractivity (Wildman–Crippen MR) is 78.4 cm³/mol. The average molecular weight is 277 g/mol. The van der Waals surface area contributed by atoms with Crippen LogP contribution in [0.25, 0.3) is 0 Å². The lowest BCUT2D eigenvalue weighted by Gasteiger charge is -2.31. The minimum absolute atomic E-state index is 0.126. The molecule has 1 unspecified atom stereocenters. The van der Waals surface area contributed by atoms with Crippen LogP contribution < -0.4 is 4.74 Å². The van der Waals surface area contributed by atoms with Crippen molar-refractivity contribution in [1.82, 2.24) is 4.90 Å². The van der Waals surface area contributed by atoms with E-state index < -0.39 is 0 Å². The molecule has 1 atom stereocenters. The maximum absolute atomic E-state index is 11.5. The molecule has 20 heavy (non-hydrogen) atoms. The molecule has 0 bridgehead atoms. The van der Waals surface area contributed by atoms with E-state index in [0.29, 0.717) is 13.0 Å². The highest BCUT2D eigenvalue weighted by atomic mass is 16.5. The van der Waals surface area contributed by atoms with Gasteiger partial charge in [0.25, 0.3) is 0 Å². The van der Waals surface area contributed by atoms with Crippen LogP contribution in [0.4, 0.5) is 0 Å². The molecule has 0 spiro atoms. The number of Topliss-reactive ketones (excluding diaryl/α,β-unsaturated/α-hetero) is 1. The Hall–Kier alpha value is -1.39. The molecule has 1 aromatic carbocycles. The first kappa shape index (κ1) is 15.0. The lowest BCUT2D eigenvalue weighted by molar-refractivity contribution is -0.0464. The lowest BCUT2D eigenvalue weighted by atomic mass is 10.1. The van der Waals surface area contributed by atoms with Gasteiger partial charge in [-0.1, -0.05) is 13.8 Å². The van der Waals surface area contributed by atoms with E-state index in [1.807, 2.05) is 31.2 Å². The summed E-state index contributed by atoms with van der Waals surface area (Å²) in [6, 6.07) is 7.34. The third kappa shape index (κ3) is 4.05. The second kappa shape index (κ2) is 7.41. The van der Waals surface area contributed by atoms with Crippen molar-refractivity contribution < 1.29 is 14.3 Å². The van der Waals surface area contributed by atoms with Crippen LogP contribution in [0.1, 0.15) is 30.6 Å². The molecule has 1 aliphatic rings. The normalized spacial score (nSPS) is 19.8. The number of rotatable bonds is 6. The first-order valence-electron chi connectivity index (χ1n) is 7.33. The summed E-state index contributed by atoms with van der Waals surface area (Å²) < 4.78 is 11.4. The Morgan fingerprint density at radius 1 is 1.35 bits per heavy atom. The molecule has 0 aromatic heterocycles. The molecule has 1 heterocycles. The van der Waals surface area contributed by atoms with Crippen molar-refractivity contribution in [2.75, 3.05) is 32.8 Å². The van der Waals surface area contributed by atoms with Crippen molar-refractivity contribution in [2.24, 2.45) is 0 Å². The second-order valence-electron chi connectivity index (χ2n) is 5.00. The average Bonchev–Trinajstić information content (AvgIpc) is 2.53. The van der Waals surface area contributed by atoms with Crippen LogP contribution in [-0.2, 0) is 4.74 Å². The van der Waals surface area contributed by atoms with E-state index in [0.717, 1.165) is 37.6 Å². The number of carbonyl (C=O) groups is 1. The summed E-state index contributed by atoms with van der Waals surface area (Å²) in [5, 5.41) is 0. The summed E-state index contributed by atoms with van der Waals surface area (Å²) in [7, 11) is 0. The Bertz CT molecular complexity index is 430. The van der Waals surface area contributed by atoms with Gasteiger partial charge in [0.15, 0.2) is 5.78 Å². The van der Waals surface area contributed by atoms with Crippen LogP contribution in [0.15, 0.2) is 24.3 Å². The molecular weight excluding hydrogens is 254 g/mol. The molecule has 4 nitrogen and oxygen atoms in total. The van der Waals surface area contributed by atoms with E-state index in [-0.39, 0.29) is 11.9 Å². The molecule has 110 valence electrons. The highest BCUT2D eigenvalue weighted by molar-refractivity contribution is 5.95. The van der Waals surface area contributed by atoms with Crippen molar-refractivity contribution in [1.29, 1.82) is 0 Å². The fraction of sp³-hybridized carbons (Fsp3) is 0.562. The van der Waals surface area contributed by atoms with Crippen LogP contribution in [0.5, 0.6) is 5.75 Å². The van der Waals surface area contributed by atoms with Gasteiger partial charge in [0.2, 0.25) is 0 Å². The minimum Gasteiger partial charge on any atom is -0.491 e. The van der Waals surface area contributed by atoms with Crippen molar-refractivity contribution in [3.8, 4) is 5.75 Å². The summed E-state index contributed by atoms with van der Waals surface area (Å²) in [4.78, 5) is 13.9. The van der Waals surface area contributed by atoms with Crippen molar-refractivity contribution >= 4 is 5.78 Å². The van der Waals surface area contributed by atoms with Gasteiger partial charge in [-0.25, -0.2) is 0 Å². The standard InChI is InChI=1S/C16H23NO3/c1-3-16(18)13-5-7-14(8-6-13)20-12-15-11-17(4-2)9-10-19-15/h5-8,15H,3-4,9-12H2,1-2H3. The first-order chi connectivity index (χ1) is 9.72. The predicted octanol–water partition coefficient (Wildman–Crippen LogP) is 2.38. The van der Waals surface area contributed by atoms with E-state index >= 15 is 0 Å². The summed E-state index contributed by atoms with van der Waals surface area (Å²) in [5.41, 5.74) is 0.742. The van der Waals surface area contributed by atoms with Gasteiger partial charge in [-0.15, -0.1) is 0 Å². The Morgan fingerprint density at radius 3 is 2.75 bits per heavy atom. The topological polar surface area (TPSA) is 38.8 Å². The monoisotopic (exact) mass is 277 g/mol. The summed E-state index contributed by atoms with van der Waals surface area (Å²) in [5.74, 6) is 0.945. The number of nitrogens with zero attached hydrogens (tertiary/aromatic N) is 1. The van der Waals surface area contributed by atoms with E-state index in [9.17, 15) is 4.79 Å². The molecule has 1 aromatic rings. The zero-order valence-electron chi connectivity index (χ0n) is 12.3. The van der Waals surface area contributed by atoms with E-state index in [2.05, 4.69) is 11.8 Å². The van der Waals surface area contributed by atoms with Gasteiger partial charge >= 0.3 is 0 Å². The van der Waals surface area contributed by atoms with E-state index in [4.69, 9.17) is 9.47 Å². The third-order valence-corrected chi connectivity index (χ3v) is 3.60. The summed E-state index contributed by atoms with van der Waals surface area (Å²) >= 11 is 0. The fourth-order valence-electron chi connectivity index (χ4n) is 2.30. The maximum Gasteiger partial charge on any atom is 0.162 e. The number of ketones is 1. The largest absolute Gasteiger partial charge is 0.491 e. The number of morpholine rings is 1. The number of carbonyl (C=O) groups excluding carboxylic acids is 1. The fourth-order valence-corrected chi connectivity index (χ4v) is 2.30. The molecule has 0 aliphatic carbocycles. The van der Waals surface area contributed by atoms with Crippen LogP contribution in [0.2, 0.25) is 0 Å². The van der Waals surface area contributed by atoms with E-state index in [1.54, 1.807) is 0 Å². The maximum atomic E-state index is 11.5. The van der Waals surface area contributed by atoms with Gasteiger partial charge in [0.1, 0.15) is 18.5 Å². The van der Waals surface area contributed by atoms with Gasteiger partial charge in [0, 0.05) is 25.1 Å². The zero-order valence-corrected chi connectivity index (χ0v) is 12.3. The summed E-state index contributed by atoms with van der Waals surface area (Å²) in [6.07, 6.45) is 0.656. The molecule has 0 N–H and O–H groups in total. The molecule has 0 radical (unpaired) electrons.